The van der Waals surface area contributed by atoms with Crippen molar-refractivity contribution in [2.24, 2.45) is 0 Å². The van der Waals surface area contributed by atoms with Gasteiger partial charge in [-0.1, -0.05) is 29.5 Å². The Labute approximate surface area is 199 Å². The predicted molar refractivity (Wildman–Crippen MR) is 134 cm³/mol. The van der Waals surface area contributed by atoms with Gasteiger partial charge in [0.1, 0.15) is 25.6 Å². The summed E-state index contributed by atoms with van der Waals surface area (Å²) in [6.07, 6.45) is 4.33. The number of benzene rings is 2. The normalized spacial score (nSPS) is 16.1. The summed E-state index contributed by atoms with van der Waals surface area (Å²) in [7, 11) is -2.98. The van der Waals surface area contributed by atoms with Crippen molar-refractivity contribution < 1.29 is 13.2 Å². The van der Waals surface area contributed by atoms with Crippen LogP contribution in [0.1, 0.15) is 43.9 Å². The topological polar surface area (TPSA) is 107 Å². The Morgan fingerprint density at radius 3 is 2.73 bits per heavy atom. The number of hydrogen-bond donors (Lipinski definition) is 2. The Morgan fingerprint density at radius 1 is 1.21 bits per heavy atom. The van der Waals surface area contributed by atoms with Crippen molar-refractivity contribution in [3.8, 4) is 26.9 Å². The van der Waals surface area contributed by atoms with Crippen LogP contribution in [0.15, 0.2) is 36.4 Å². The molecule has 2 aromatic carbocycles. The highest BCUT2D eigenvalue weighted by atomic mass is 32.2. The molecule has 1 atom stereocenters. The van der Waals surface area contributed by atoms with Gasteiger partial charge >= 0.3 is 0 Å². The SMILES string of the molecule is CC(C)Oc1ccc(-c2nnc(-c3cccc4c3CCC[C@H]4NCCS(C)(=O)=O)s2)cc1N. The summed E-state index contributed by atoms with van der Waals surface area (Å²) in [5, 5.41) is 14.0. The number of nitrogens with two attached hydrogens (primary N) is 1. The standard InChI is InChI=1S/C24H30N4O3S2/c1-15(2)31-22-11-10-16(14-20(22)25)23-27-28-24(32-23)19-8-4-7-18-17(19)6-5-9-21(18)26-12-13-33(3,29)30/h4,7-8,10-11,14-15,21,26H,5-6,9,12-13,25H2,1-3H3/t21-/m1/s1. The molecule has 0 fully saturated rings. The van der Waals surface area contributed by atoms with Crippen molar-refractivity contribution in [1.29, 1.82) is 0 Å². The monoisotopic (exact) mass is 486 g/mol. The summed E-state index contributed by atoms with van der Waals surface area (Å²) >= 11 is 1.54. The van der Waals surface area contributed by atoms with E-state index in [1.54, 1.807) is 11.3 Å². The maximum absolute atomic E-state index is 11.5. The maximum atomic E-state index is 11.5. The number of nitrogens with one attached hydrogen (secondary N) is 1. The molecule has 1 aliphatic rings. The van der Waals surface area contributed by atoms with Crippen LogP contribution < -0.4 is 15.8 Å². The number of ether oxygens (including phenoxy) is 1. The van der Waals surface area contributed by atoms with E-state index in [2.05, 4.69) is 27.6 Å². The molecule has 1 aliphatic carbocycles. The number of nitrogen functional groups attached to an aromatic ring is 1. The highest BCUT2D eigenvalue weighted by Crippen LogP contribution is 2.39. The van der Waals surface area contributed by atoms with Crippen LogP contribution in [-0.4, -0.2) is 43.3 Å². The molecule has 176 valence electrons. The second kappa shape index (κ2) is 9.79. The van der Waals surface area contributed by atoms with E-state index >= 15 is 0 Å². The molecule has 1 heterocycles. The van der Waals surface area contributed by atoms with Crippen LogP contribution in [0.25, 0.3) is 21.1 Å². The number of fused-ring (bicyclic) bond motifs is 1. The smallest absolute Gasteiger partial charge is 0.148 e. The third-order valence-corrected chi connectivity index (χ3v) is 7.60. The quantitative estimate of drug-likeness (QED) is 0.458. The van der Waals surface area contributed by atoms with E-state index in [9.17, 15) is 8.42 Å². The van der Waals surface area contributed by atoms with Gasteiger partial charge in [0.25, 0.3) is 0 Å². The molecule has 9 heteroatoms. The minimum Gasteiger partial charge on any atom is -0.489 e. The number of nitrogens with zero attached hydrogens (tertiary/aromatic N) is 2. The van der Waals surface area contributed by atoms with Gasteiger partial charge in [-0.2, -0.15) is 0 Å². The van der Waals surface area contributed by atoms with Crippen LogP contribution in [-0.2, 0) is 16.3 Å². The summed E-state index contributed by atoms with van der Waals surface area (Å²) in [5.41, 5.74) is 11.3. The molecule has 0 spiro atoms. The van der Waals surface area contributed by atoms with E-state index < -0.39 is 9.84 Å². The van der Waals surface area contributed by atoms with Crippen molar-refractivity contribution in [3.63, 3.8) is 0 Å². The van der Waals surface area contributed by atoms with Gasteiger partial charge in [-0.25, -0.2) is 8.42 Å². The molecule has 0 unspecified atom stereocenters. The highest BCUT2D eigenvalue weighted by Gasteiger charge is 2.24. The van der Waals surface area contributed by atoms with Crippen LogP contribution in [0.3, 0.4) is 0 Å². The van der Waals surface area contributed by atoms with Crippen LogP contribution in [0.2, 0.25) is 0 Å². The molecule has 3 N–H and O–H groups in total. The van der Waals surface area contributed by atoms with Crippen molar-refractivity contribution in [1.82, 2.24) is 15.5 Å². The fraction of sp³-hybridized carbons (Fsp3) is 0.417. The molecule has 0 saturated heterocycles. The zero-order chi connectivity index (χ0) is 23.6. The molecular weight excluding hydrogens is 456 g/mol. The Morgan fingerprint density at radius 2 is 2.00 bits per heavy atom. The zero-order valence-corrected chi connectivity index (χ0v) is 20.8. The van der Waals surface area contributed by atoms with Crippen molar-refractivity contribution in [2.75, 3.05) is 24.3 Å². The molecule has 0 bridgehead atoms. The van der Waals surface area contributed by atoms with Crippen LogP contribution in [0.4, 0.5) is 5.69 Å². The van der Waals surface area contributed by atoms with E-state index in [-0.39, 0.29) is 17.9 Å². The minimum absolute atomic E-state index is 0.0558. The first-order valence-corrected chi connectivity index (χ1v) is 14.0. The Balaban J connectivity index is 1.58. The molecule has 1 aromatic heterocycles. The largest absolute Gasteiger partial charge is 0.489 e. The lowest BCUT2D eigenvalue weighted by molar-refractivity contribution is 0.244. The van der Waals surface area contributed by atoms with Gasteiger partial charge in [-0.05, 0) is 62.4 Å². The number of sulfone groups is 1. The minimum atomic E-state index is -2.98. The third-order valence-electron chi connectivity index (χ3n) is 5.65. The molecule has 4 rings (SSSR count). The number of hydrogen-bond acceptors (Lipinski definition) is 8. The summed E-state index contributed by atoms with van der Waals surface area (Å²) in [6.45, 7) is 4.39. The summed E-state index contributed by atoms with van der Waals surface area (Å²) in [6, 6.07) is 12.1. The molecule has 0 saturated carbocycles. The van der Waals surface area contributed by atoms with Crippen LogP contribution >= 0.6 is 11.3 Å². The molecule has 3 aromatic rings. The van der Waals surface area contributed by atoms with Gasteiger partial charge in [0.2, 0.25) is 0 Å². The van der Waals surface area contributed by atoms with E-state index in [1.165, 1.54) is 17.4 Å². The molecule has 7 nitrogen and oxygen atoms in total. The van der Waals surface area contributed by atoms with Gasteiger partial charge in [-0.15, -0.1) is 10.2 Å². The molecule has 0 amide bonds. The highest BCUT2D eigenvalue weighted by molar-refractivity contribution is 7.90. The van der Waals surface area contributed by atoms with Crippen LogP contribution in [0, 0.1) is 0 Å². The first-order chi connectivity index (χ1) is 15.7. The Kier molecular flexibility index (Phi) is 7.02. The third kappa shape index (κ3) is 5.72. The first-order valence-electron chi connectivity index (χ1n) is 11.1. The summed E-state index contributed by atoms with van der Waals surface area (Å²) in [5.74, 6) is 0.813. The molecule has 0 aliphatic heterocycles. The zero-order valence-electron chi connectivity index (χ0n) is 19.2. The molecule has 0 radical (unpaired) electrons. The Hall–Kier alpha value is -2.49. The first kappa shape index (κ1) is 23.7. The molecular formula is C24H30N4O3S2. The van der Waals surface area contributed by atoms with Crippen molar-refractivity contribution in [3.05, 3.63) is 47.5 Å². The molecule has 33 heavy (non-hydrogen) atoms. The Bertz CT molecular complexity index is 1240. The summed E-state index contributed by atoms with van der Waals surface area (Å²) in [4.78, 5) is 0. The van der Waals surface area contributed by atoms with Gasteiger partial charge < -0.3 is 15.8 Å². The number of aromatic nitrogens is 2. The van der Waals surface area contributed by atoms with E-state index in [4.69, 9.17) is 10.5 Å². The van der Waals surface area contributed by atoms with E-state index in [1.807, 2.05) is 38.1 Å². The van der Waals surface area contributed by atoms with Gasteiger partial charge in [0, 0.05) is 30.0 Å². The van der Waals surface area contributed by atoms with Gasteiger partial charge in [-0.3, -0.25) is 0 Å². The fourth-order valence-corrected chi connectivity index (χ4v) is 5.55. The second-order valence-corrected chi connectivity index (χ2v) is 12.0. The fourth-order valence-electron chi connectivity index (χ4n) is 4.17. The maximum Gasteiger partial charge on any atom is 0.148 e. The second-order valence-electron chi connectivity index (χ2n) is 8.73. The van der Waals surface area contributed by atoms with Gasteiger partial charge in [0.05, 0.1) is 17.5 Å². The van der Waals surface area contributed by atoms with Gasteiger partial charge in [0.15, 0.2) is 0 Å². The van der Waals surface area contributed by atoms with Crippen molar-refractivity contribution >= 4 is 26.9 Å². The number of anilines is 1. The lowest BCUT2D eigenvalue weighted by Crippen LogP contribution is -2.29. The lowest BCUT2D eigenvalue weighted by atomic mass is 9.85. The van der Waals surface area contributed by atoms with Crippen LogP contribution in [0.5, 0.6) is 5.75 Å². The van der Waals surface area contributed by atoms with E-state index in [0.717, 1.165) is 40.4 Å². The average Bonchev–Trinajstić information content (AvgIpc) is 3.24. The predicted octanol–water partition coefficient (Wildman–Crippen LogP) is 4.25. The van der Waals surface area contributed by atoms with Crippen molar-refractivity contribution in [2.45, 2.75) is 45.3 Å². The average molecular weight is 487 g/mol. The summed E-state index contributed by atoms with van der Waals surface area (Å²) < 4.78 is 28.7. The lowest BCUT2D eigenvalue weighted by Gasteiger charge is -2.28. The van der Waals surface area contributed by atoms with E-state index in [0.29, 0.717) is 18.0 Å². The number of rotatable bonds is 8.